The molecule has 28 heavy (non-hydrogen) atoms. The minimum Gasteiger partial charge on any atom is -0.289 e. The molecule has 0 bridgehead atoms. The lowest BCUT2D eigenvalue weighted by molar-refractivity contribution is 0.100. The van der Waals surface area contributed by atoms with Crippen molar-refractivity contribution in [3.63, 3.8) is 0 Å². The SMILES string of the molecule is O=C1C2=C3C(=CC=C4C(=O)c5ccc(Br)cc5C(C=C2)C43)c2cc(Br)ccc21. The first-order valence-corrected chi connectivity index (χ1v) is 10.7. The molecule has 2 unspecified atom stereocenters. The minimum atomic E-state index is -0.106. The first-order valence-electron chi connectivity index (χ1n) is 9.08. The van der Waals surface area contributed by atoms with Gasteiger partial charge in [-0.1, -0.05) is 56.2 Å². The first kappa shape index (κ1) is 16.6. The monoisotopic (exact) mass is 490 g/mol. The second-order valence-electron chi connectivity index (χ2n) is 7.47. The maximum atomic E-state index is 13.2. The van der Waals surface area contributed by atoms with Crippen molar-refractivity contribution < 1.29 is 9.59 Å². The average Bonchev–Trinajstić information content (AvgIpc) is 2.70. The van der Waals surface area contributed by atoms with E-state index in [4.69, 9.17) is 0 Å². The summed E-state index contributed by atoms with van der Waals surface area (Å²) in [5.41, 5.74) is 7.00. The molecule has 0 N–H and O–H groups in total. The fraction of sp³-hybridized carbons (Fsp3) is 0.0833. The van der Waals surface area contributed by atoms with Gasteiger partial charge >= 0.3 is 0 Å². The third-order valence-corrected chi connectivity index (χ3v) is 7.11. The molecule has 4 aliphatic carbocycles. The summed E-state index contributed by atoms with van der Waals surface area (Å²) in [6.07, 6.45) is 8.03. The predicted octanol–water partition coefficient (Wildman–Crippen LogP) is 6.19. The molecule has 4 aliphatic rings. The molecule has 4 heteroatoms. The van der Waals surface area contributed by atoms with Crippen molar-refractivity contribution in [2.75, 3.05) is 0 Å². The summed E-state index contributed by atoms with van der Waals surface area (Å²) in [6, 6.07) is 11.6. The van der Waals surface area contributed by atoms with Gasteiger partial charge in [-0.15, -0.1) is 0 Å². The zero-order chi connectivity index (χ0) is 19.2. The molecular weight excluding hydrogens is 480 g/mol. The Morgan fingerprint density at radius 3 is 2.36 bits per heavy atom. The summed E-state index contributed by atoms with van der Waals surface area (Å²) in [7, 11) is 0. The predicted molar refractivity (Wildman–Crippen MR) is 115 cm³/mol. The maximum Gasteiger partial charge on any atom is 0.193 e. The van der Waals surface area contributed by atoms with E-state index in [2.05, 4.69) is 37.9 Å². The van der Waals surface area contributed by atoms with E-state index < -0.39 is 0 Å². The van der Waals surface area contributed by atoms with Gasteiger partial charge in [-0.25, -0.2) is 0 Å². The number of carbonyl (C=O) groups excluding carboxylic acids is 2. The van der Waals surface area contributed by atoms with Crippen LogP contribution >= 0.6 is 31.9 Å². The molecule has 0 heterocycles. The topological polar surface area (TPSA) is 34.1 Å². The van der Waals surface area contributed by atoms with Crippen LogP contribution in [0.1, 0.15) is 37.8 Å². The molecular formula is C24H12Br2O2. The van der Waals surface area contributed by atoms with Gasteiger partial charge in [0.1, 0.15) is 0 Å². The van der Waals surface area contributed by atoms with Crippen LogP contribution in [0.15, 0.2) is 86.4 Å². The number of hydrogen-bond donors (Lipinski definition) is 0. The minimum absolute atomic E-state index is 0.0399. The molecule has 2 aromatic rings. The van der Waals surface area contributed by atoms with Crippen LogP contribution in [0, 0.1) is 5.92 Å². The maximum absolute atomic E-state index is 13.2. The Morgan fingerprint density at radius 2 is 1.54 bits per heavy atom. The van der Waals surface area contributed by atoms with Crippen LogP contribution in [-0.4, -0.2) is 11.6 Å². The van der Waals surface area contributed by atoms with E-state index in [1.165, 1.54) is 0 Å². The molecule has 0 fully saturated rings. The summed E-state index contributed by atoms with van der Waals surface area (Å²) < 4.78 is 1.90. The summed E-state index contributed by atoms with van der Waals surface area (Å²) in [5.74, 6) is 0.0533. The van der Waals surface area contributed by atoms with Crippen molar-refractivity contribution in [2.45, 2.75) is 5.92 Å². The molecule has 0 saturated carbocycles. The van der Waals surface area contributed by atoms with Crippen LogP contribution in [0.3, 0.4) is 0 Å². The summed E-state index contributed by atoms with van der Waals surface area (Å²) in [4.78, 5) is 26.5. The Kier molecular flexibility index (Phi) is 3.34. The van der Waals surface area contributed by atoms with Crippen LogP contribution in [-0.2, 0) is 0 Å². The number of halogens is 2. The van der Waals surface area contributed by atoms with E-state index in [9.17, 15) is 9.59 Å². The lowest BCUT2D eigenvalue weighted by atomic mass is 9.60. The smallest absolute Gasteiger partial charge is 0.193 e. The number of carbonyl (C=O) groups is 2. The summed E-state index contributed by atoms with van der Waals surface area (Å²) in [5, 5.41) is 0. The number of allylic oxidation sites excluding steroid dienone is 8. The molecule has 0 saturated heterocycles. The lowest BCUT2D eigenvalue weighted by Crippen LogP contribution is -2.34. The molecule has 0 aliphatic heterocycles. The normalized spacial score (nSPS) is 23.6. The zero-order valence-electron chi connectivity index (χ0n) is 14.5. The van der Waals surface area contributed by atoms with Gasteiger partial charge in [0.15, 0.2) is 11.6 Å². The average molecular weight is 492 g/mol. The van der Waals surface area contributed by atoms with Crippen molar-refractivity contribution in [2.24, 2.45) is 5.92 Å². The largest absolute Gasteiger partial charge is 0.289 e. The number of fused-ring (bicyclic) bond motifs is 4. The molecule has 0 amide bonds. The summed E-state index contributed by atoms with van der Waals surface area (Å²) in [6.45, 7) is 0. The highest BCUT2D eigenvalue weighted by molar-refractivity contribution is 9.10. The summed E-state index contributed by atoms with van der Waals surface area (Å²) >= 11 is 7.08. The third kappa shape index (κ3) is 2.02. The Bertz CT molecular complexity index is 1270. The van der Waals surface area contributed by atoms with Crippen molar-refractivity contribution >= 4 is 49.0 Å². The molecule has 2 nitrogen and oxygen atoms in total. The Labute approximate surface area is 178 Å². The van der Waals surface area contributed by atoms with E-state index in [1.54, 1.807) is 0 Å². The number of benzene rings is 2. The number of hydrogen-bond acceptors (Lipinski definition) is 2. The van der Waals surface area contributed by atoms with Crippen molar-refractivity contribution in [1.82, 2.24) is 0 Å². The van der Waals surface area contributed by atoms with Crippen LogP contribution in [0.5, 0.6) is 0 Å². The van der Waals surface area contributed by atoms with Crippen LogP contribution in [0.2, 0.25) is 0 Å². The van der Waals surface area contributed by atoms with E-state index >= 15 is 0 Å². The van der Waals surface area contributed by atoms with E-state index in [-0.39, 0.29) is 23.4 Å². The second kappa shape index (κ2) is 5.62. The Balaban J connectivity index is 1.67. The highest BCUT2D eigenvalue weighted by atomic mass is 79.9. The van der Waals surface area contributed by atoms with Gasteiger partial charge in [0, 0.05) is 43.1 Å². The van der Waals surface area contributed by atoms with Gasteiger partial charge in [-0.2, -0.15) is 0 Å². The molecule has 2 aromatic carbocycles. The Morgan fingerprint density at radius 1 is 0.786 bits per heavy atom. The third-order valence-electron chi connectivity index (χ3n) is 6.13. The van der Waals surface area contributed by atoms with Crippen molar-refractivity contribution in [3.05, 3.63) is 109 Å². The van der Waals surface area contributed by atoms with E-state index in [0.717, 1.165) is 53.5 Å². The number of rotatable bonds is 0. The standard InChI is InChI=1S/C24H12Br2O2/c25-11-1-3-15-19(9-11)13-5-8-18-22-14(6-7-17(21(13)22)23(15)27)20-10-12(26)2-4-16(20)24(18)28/h1-10,13,21H. The fourth-order valence-electron chi connectivity index (χ4n) is 4.96. The number of ketones is 2. The van der Waals surface area contributed by atoms with Gasteiger partial charge in [0.05, 0.1) is 0 Å². The highest BCUT2D eigenvalue weighted by Gasteiger charge is 2.46. The van der Waals surface area contributed by atoms with Gasteiger partial charge < -0.3 is 0 Å². The van der Waals surface area contributed by atoms with Crippen molar-refractivity contribution in [3.8, 4) is 0 Å². The van der Waals surface area contributed by atoms with Crippen LogP contribution in [0.25, 0.3) is 5.57 Å². The molecule has 2 atom stereocenters. The van der Waals surface area contributed by atoms with Crippen LogP contribution in [0.4, 0.5) is 0 Å². The van der Waals surface area contributed by atoms with Crippen molar-refractivity contribution in [1.29, 1.82) is 0 Å². The van der Waals surface area contributed by atoms with Gasteiger partial charge in [-0.3, -0.25) is 9.59 Å². The highest BCUT2D eigenvalue weighted by Crippen LogP contribution is 2.55. The molecule has 0 aromatic heterocycles. The molecule has 134 valence electrons. The quantitative estimate of drug-likeness (QED) is 0.440. The van der Waals surface area contributed by atoms with E-state index in [1.807, 2.05) is 54.6 Å². The van der Waals surface area contributed by atoms with Gasteiger partial charge in [-0.05, 0) is 58.7 Å². The van der Waals surface area contributed by atoms with Gasteiger partial charge in [0.25, 0.3) is 0 Å². The first-order chi connectivity index (χ1) is 13.5. The van der Waals surface area contributed by atoms with E-state index in [0.29, 0.717) is 0 Å². The second-order valence-corrected chi connectivity index (χ2v) is 9.30. The molecule has 0 radical (unpaired) electrons. The lowest BCUT2D eigenvalue weighted by Gasteiger charge is -2.42. The zero-order valence-corrected chi connectivity index (χ0v) is 17.7. The molecule has 0 spiro atoms. The van der Waals surface area contributed by atoms with Gasteiger partial charge in [0.2, 0.25) is 0 Å². The Hall–Kier alpha value is -2.30. The number of Topliss-reactive ketones (excluding diaryl/α,β-unsaturated/α-hetero) is 2. The fourth-order valence-corrected chi connectivity index (χ4v) is 5.70. The van der Waals surface area contributed by atoms with Crippen LogP contribution < -0.4 is 0 Å². The molecule has 6 rings (SSSR count).